The molecule has 0 atom stereocenters. The number of aromatic nitrogens is 2. The molecule has 1 saturated heterocycles. The third-order valence-electron chi connectivity index (χ3n) is 4.71. The molecule has 0 spiro atoms. The average molecular weight is 401 g/mol. The smallest absolute Gasteiger partial charge is 0.247 e. The molecule has 3 aromatic rings. The van der Waals surface area contributed by atoms with Gasteiger partial charge in [0, 0.05) is 30.5 Å². The summed E-state index contributed by atoms with van der Waals surface area (Å²) in [6.07, 6.45) is 3.00. The van der Waals surface area contributed by atoms with Gasteiger partial charge < -0.3 is 10.1 Å². The van der Waals surface area contributed by atoms with Gasteiger partial charge in [0.25, 0.3) is 0 Å². The topological polar surface area (TPSA) is 70.6 Å². The van der Waals surface area contributed by atoms with Crippen LogP contribution in [-0.4, -0.2) is 47.2 Å². The Bertz CT molecular complexity index is 1020. The first-order chi connectivity index (χ1) is 14.7. The molecule has 1 aliphatic rings. The van der Waals surface area contributed by atoms with Gasteiger partial charge in [0.2, 0.25) is 11.9 Å². The van der Waals surface area contributed by atoms with E-state index in [0.29, 0.717) is 24.8 Å². The summed E-state index contributed by atoms with van der Waals surface area (Å²) in [6, 6.07) is 19.5. The molecule has 1 aromatic heterocycles. The number of para-hydroxylation sites is 1. The van der Waals surface area contributed by atoms with Crippen LogP contribution in [-0.2, 0) is 9.53 Å². The Morgan fingerprint density at radius 2 is 1.90 bits per heavy atom. The Morgan fingerprint density at radius 1 is 1.10 bits per heavy atom. The number of hydrogen-bond acceptors (Lipinski definition) is 6. The number of benzene rings is 2. The number of ether oxygens (including phenoxy) is 1. The highest BCUT2D eigenvalue weighted by molar-refractivity contribution is 5.99. The minimum Gasteiger partial charge on any atom is -0.379 e. The second-order valence-electron chi connectivity index (χ2n) is 6.73. The molecule has 1 amide bonds. The molecule has 30 heavy (non-hydrogen) atoms. The van der Waals surface area contributed by atoms with Gasteiger partial charge in [-0.1, -0.05) is 36.9 Å². The molecule has 0 bridgehead atoms. The van der Waals surface area contributed by atoms with E-state index in [1.54, 1.807) is 6.20 Å². The van der Waals surface area contributed by atoms with Crippen molar-refractivity contribution in [2.75, 3.05) is 36.6 Å². The third-order valence-corrected chi connectivity index (χ3v) is 4.71. The molecular weight excluding hydrogens is 378 g/mol. The van der Waals surface area contributed by atoms with Crippen LogP contribution in [0.15, 0.2) is 79.5 Å². The van der Waals surface area contributed by atoms with Gasteiger partial charge in [-0.2, -0.15) is 0 Å². The number of carbonyl (C=O) groups is 1. The number of hydrazine groups is 1. The predicted octanol–water partition coefficient (Wildman–Crippen LogP) is 3.65. The monoisotopic (exact) mass is 401 g/mol. The first-order valence-electron chi connectivity index (χ1n) is 9.79. The second kappa shape index (κ2) is 9.30. The van der Waals surface area contributed by atoms with Crippen molar-refractivity contribution in [2.24, 2.45) is 0 Å². The Morgan fingerprint density at radius 3 is 2.67 bits per heavy atom. The van der Waals surface area contributed by atoms with Crippen LogP contribution in [0.2, 0.25) is 0 Å². The van der Waals surface area contributed by atoms with Crippen molar-refractivity contribution in [3.8, 4) is 11.3 Å². The van der Waals surface area contributed by atoms with E-state index in [4.69, 9.17) is 9.72 Å². The quantitative estimate of drug-likeness (QED) is 0.636. The third kappa shape index (κ3) is 4.53. The average Bonchev–Trinajstić information content (AvgIpc) is 2.81. The minimum absolute atomic E-state index is 0.252. The van der Waals surface area contributed by atoms with Crippen LogP contribution in [0.4, 0.5) is 17.3 Å². The summed E-state index contributed by atoms with van der Waals surface area (Å²) in [6.45, 7) is 6.32. The fourth-order valence-corrected chi connectivity index (χ4v) is 3.29. The molecule has 0 saturated carbocycles. The summed E-state index contributed by atoms with van der Waals surface area (Å²) >= 11 is 0. The van der Waals surface area contributed by atoms with E-state index in [1.807, 2.05) is 65.7 Å². The summed E-state index contributed by atoms with van der Waals surface area (Å²) in [5.41, 5.74) is 3.33. The molecule has 1 fully saturated rings. The maximum Gasteiger partial charge on any atom is 0.247 e. The highest BCUT2D eigenvalue weighted by Crippen LogP contribution is 2.28. The first kappa shape index (κ1) is 19.8. The van der Waals surface area contributed by atoms with Crippen LogP contribution < -0.4 is 10.3 Å². The van der Waals surface area contributed by atoms with Gasteiger partial charge >= 0.3 is 0 Å². The van der Waals surface area contributed by atoms with Crippen LogP contribution in [0.1, 0.15) is 0 Å². The number of anilines is 3. The molecule has 7 heteroatoms. The van der Waals surface area contributed by atoms with Crippen LogP contribution in [0.5, 0.6) is 0 Å². The normalized spacial score (nSPS) is 14.1. The van der Waals surface area contributed by atoms with Crippen molar-refractivity contribution in [1.29, 1.82) is 0 Å². The zero-order chi connectivity index (χ0) is 20.8. The molecule has 152 valence electrons. The molecule has 0 radical (unpaired) electrons. The number of amides is 1. The van der Waals surface area contributed by atoms with Crippen LogP contribution in [0.25, 0.3) is 11.3 Å². The Hall–Kier alpha value is -3.55. The summed E-state index contributed by atoms with van der Waals surface area (Å²) in [5, 5.41) is 7.01. The van der Waals surface area contributed by atoms with Gasteiger partial charge in [-0.05, 0) is 36.4 Å². The Balaban J connectivity index is 1.69. The lowest BCUT2D eigenvalue weighted by molar-refractivity contribution is -0.111. The van der Waals surface area contributed by atoms with Crippen molar-refractivity contribution in [3.63, 3.8) is 0 Å². The predicted molar refractivity (Wildman–Crippen MR) is 117 cm³/mol. The van der Waals surface area contributed by atoms with E-state index in [9.17, 15) is 4.79 Å². The number of hydrogen-bond donors (Lipinski definition) is 1. The van der Waals surface area contributed by atoms with E-state index in [1.165, 1.54) is 6.08 Å². The number of morpholine rings is 1. The maximum atomic E-state index is 11.6. The van der Waals surface area contributed by atoms with Crippen molar-refractivity contribution in [3.05, 3.63) is 79.5 Å². The summed E-state index contributed by atoms with van der Waals surface area (Å²) in [5.74, 6) is 0.333. The minimum atomic E-state index is -0.252. The maximum absolute atomic E-state index is 11.6. The van der Waals surface area contributed by atoms with Gasteiger partial charge in [0.05, 0.1) is 24.6 Å². The lowest BCUT2D eigenvalue weighted by atomic mass is 10.1. The van der Waals surface area contributed by atoms with Gasteiger partial charge in [-0.25, -0.2) is 20.0 Å². The van der Waals surface area contributed by atoms with Gasteiger partial charge in [0.15, 0.2) is 0 Å². The zero-order valence-electron chi connectivity index (χ0n) is 16.6. The Labute approximate surface area is 175 Å². The van der Waals surface area contributed by atoms with E-state index in [2.05, 4.69) is 21.9 Å². The van der Waals surface area contributed by atoms with Crippen molar-refractivity contribution >= 4 is 23.2 Å². The highest BCUT2D eigenvalue weighted by atomic mass is 16.5. The van der Waals surface area contributed by atoms with E-state index in [-0.39, 0.29) is 5.91 Å². The van der Waals surface area contributed by atoms with Gasteiger partial charge in [-0.15, -0.1) is 0 Å². The lowest BCUT2D eigenvalue weighted by Crippen LogP contribution is -2.47. The fraction of sp³-hybridized carbons (Fsp3) is 0.174. The number of rotatable bonds is 6. The second-order valence-corrected chi connectivity index (χ2v) is 6.73. The van der Waals surface area contributed by atoms with Crippen molar-refractivity contribution in [2.45, 2.75) is 0 Å². The molecule has 1 N–H and O–H groups in total. The molecule has 1 aliphatic heterocycles. The molecule has 0 aliphatic carbocycles. The van der Waals surface area contributed by atoms with Crippen molar-refractivity contribution < 1.29 is 9.53 Å². The summed E-state index contributed by atoms with van der Waals surface area (Å²) in [4.78, 5) is 21.0. The largest absolute Gasteiger partial charge is 0.379 e. The first-order valence-corrected chi connectivity index (χ1v) is 9.79. The van der Waals surface area contributed by atoms with Crippen LogP contribution >= 0.6 is 0 Å². The molecule has 2 heterocycles. The number of nitrogens with one attached hydrogen (secondary N) is 1. The van der Waals surface area contributed by atoms with E-state index >= 15 is 0 Å². The molecule has 7 nitrogen and oxygen atoms in total. The van der Waals surface area contributed by atoms with Crippen LogP contribution in [0, 0.1) is 0 Å². The fourth-order valence-electron chi connectivity index (χ4n) is 3.29. The van der Waals surface area contributed by atoms with E-state index < -0.39 is 0 Å². The molecule has 0 unspecified atom stereocenters. The van der Waals surface area contributed by atoms with Crippen LogP contribution in [0.3, 0.4) is 0 Å². The van der Waals surface area contributed by atoms with Crippen molar-refractivity contribution in [1.82, 2.24) is 15.0 Å². The molecule has 2 aromatic carbocycles. The number of nitrogens with zero attached hydrogens (tertiary/aromatic N) is 4. The van der Waals surface area contributed by atoms with Gasteiger partial charge in [-0.3, -0.25) is 4.79 Å². The Kier molecular flexibility index (Phi) is 6.12. The number of carbonyl (C=O) groups excluding carboxylic acids is 1. The molecular formula is C23H23N5O2. The summed E-state index contributed by atoms with van der Waals surface area (Å²) in [7, 11) is 0. The van der Waals surface area contributed by atoms with E-state index in [0.717, 1.165) is 30.0 Å². The molecule has 4 rings (SSSR count). The van der Waals surface area contributed by atoms with Gasteiger partial charge in [0.1, 0.15) is 0 Å². The standard InChI is InChI=1S/C23H23N5O2/c1-2-22(29)25-19-8-6-7-18(17-19)21-11-12-24-23(26-21)28(20-9-4-3-5-10-20)27-13-15-30-16-14-27/h2-12,17H,1,13-16H2,(H,25,29). The SMILES string of the molecule is C=CC(=O)Nc1cccc(-c2ccnc(N(c3ccccc3)N3CCOCC3)n2)c1. The lowest BCUT2D eigenvalue weighted by Gasteiger charge is -2.37. The zero-order valence-corrected chi connectivity index (χ0v) is 16.6. The summed E-state index contributed by atoms with van der Waals surface area (Å²) < 4.78 is 5.52. The highest BCUT2D eigenvalue weighted by Gasteiger charge is 2.23.